The van der Waals surface area contributed by atoms with Crippen LogP contribution in [0.5, 0.6) is 0 Å². The lowest BCUT2D eigenvalue weighted by Gasteiger charge is -2.33. The summed E-state index contributed by atoms with van der Waals surface area (Å²) in [5.74, 6) is 1.73. The summed E-state index contributed by atoms with van der Waals surface area (Å²) in [6, 6.07) is 23.5. The summed E-state index contributed by atoms with van der Waals surface area (Å²) in [5.41, 5.74) is 15.7. The molecule has 0 fully saturated rings. The fourth-order valence-corrected chi connectivity index (χ4v) is 10.9. The number of allylic oxidation sites excluding steroid dienone is 1. The zero-order valence-electron chi connectivity index (χ0n) is 32.9. The molecule has 0 aliphatic carbocycles. The average Bonchev–Trinajstić information content (AvgIpc) is 3.48. The first kappa shape index (κ1) is 34.7. The van der Waals surface area contributed by atoms with Gasteiger partial charge in [0.05, 0.1) is 20.1 Å². The molecule has 0 radical (unpaired) electrons. The van der Waals surface area contributed by atoms with Crippen LogP contribution in [0.2, 0.25) is 19.6 Å². The van der Waals surface area contributed by atoms with Gasteiger partial charge in [0.15, 0.2) is 29.7 Å². The van der Waals surface area contributed by atoms with Crippen molar-refractivity contribution in [2.75, 3.05) is 0 Å². The van der Waals surface area contributed by atoms with Gasteiger partial charge in [-0.15, -0.1) is 0 Å². The van der Waals surface area contributed by atoms with Crippen molar-refractivity contribution in [2.45, 2.75) is 111 Å². The summed E-state index contributed by atoms with van der Waals surface area (Å²) in [5, 5.41) is 3.83. The molecule has 6 aromatic rings. The van der Waals surface area contributed by atoms with E-state index in [9.17, 15) is 0 Å². The summed E-state index contributed by atoms with van der Waals surface area (Å²) in [4.78, 5) is 4.87. The molecule has 0 saturated carbocycles. The van der Waals surface area contributed by atoms with Gasteiger partial charge in [0.2, 0.25) is 17.1 Å². The van der Waals surface area contributed by atoms with Crippen molar-refractivity contribution >= 4 is 41.0 Å². The molecule has 0 saturated heterocycles. The highest BCUT2D eigenvalue weighted by atomic mass is 28.3. The maximum Gasteiger partial charge on any atom is 0.227 e. The van der Waals surface area contributed by atoms with Gasteiger partial charge < -0.3 is 4.42 Å². The molecule has 8 rings (SSSR count). The Hall–Kier alpha value is -4.35. The van der Waals surface area contributed by atoms with Crippen LogP contribution >= 0.6 is 0 Å². The molecule has 2 aromatic carbocycles. The topological polar surface area (TPSA) is 33.8 Å². The Morgan fingerprint density at radius 1 is 0.923 bits per heavy atom. The van der Waals surface area contributed by atoms with Gasteiger partial charge in [-0.2, -0.15) is 9.13 Å². The lowest BCUT2D eigenvalue weighted by molar-refractivity contribution is -0.719. The van der Waals surface area contributed by atoms with E-state index >= 15 is 0 Å². The average molecular weight is 706 g/mol. The quantitative estimate of drug-likeness (QED) is 0.135. The van der Waals surface area contributed by atoms with Crippen LogP contribution in [0.25, 0.3) is 50.3 Å². The number of pyridine rings is 3. The number of hydrogen-bond donors (Lipinski definition) is 0. The second-order valence-electron chi connectivity index (χ2n) is 17.5. The van der Waals surface area contributed by atoms with E-state index in [1.807, 2.05) is 6.92 Å². The van der Waals surface area contributed by atoms with Crippen molar-refractivity contribution in [1.29, 1.82) is 0 Å². The summed E-state index contributed by atoms with van der Waals surface area (Å²) in [6.45, 7) is 28.4. The van der Waals surface area contributed by atoms with Crippen LogP contribution in [-0.2, 0) is 6.42 Å². The van der Waals surface area contributed by atoms with E-state index in [-0.39, 0.29) is 6.04 Å². The molecule has 0 N–H and O–H groups in total. The van der Waals surface area contributed by atoms with Crippen LogP contribution in [0, 0.1) is 19.8 Å². The number of aryl methyl sites for hydroxylation is 3. The van der Waals surface area contributed by atoms with Crippen molar-refractivity contribution in [3.8, 4) is 22.5 Å². The Morgan fingerprint density at radius 3 is 2.42 bits per heavy atom. The molecule has 3 unspecified atom stereocenters. The van der Waals surface area contributed by atoms with Crippen molar-refractivity contribution in [2.24, 2.45) is 5.92 Å². The van der Waals surface area contributed by atoms with Crippen LogP contribution in [-0.4, -0.2) is 13.1 Å². The fraction of sp³-hybridized carbons (Fsp3) is 0.383. The first-order chi connectivity index (χ1) is 24.7. The number of furan rings is 1. The maximum absolute atomic E-state index is 6.85. The molecule has 52 heavy (non-hydrogen) atoms. The first-order valence-corrected chi connectivity index (χ1v) is 23.0. The maximum atomic E-state index is 6.85. The van der Waals surface area contributed by atoms with Gasteiger partial charge in [-0.3, -0.25) is 0 Å². The van der Waals surface area contributed by atoms with Crippen LogP contribution < -0.4 is 14.3 Å². The second kappa shape index (κ2) is 12.7. The zero-order valence-corrected chi connectivity index (χ0v) is 33.9. The first-order valence-electron chi connectivity index (χ1n) is 19.5. The molecule has 0 spiro atoms. The number of fused-ring (bicyclic) bond motifs is 13. The van der Waals surface area contributed by atoms with Gasteiger partial charge in [0, 0.05) is 51.3 Å². The molecular formula is C47H55N3OSi+2. The van der Waals surface area contributed by atoms with Crippen molar-refractivity contribution in [1.82, 2.24) is 4.98 Å². The van der Waals surface area contributed by atoms with Gasteiger partial charge in [-0.25, -0.2) is 4.98 Å². The molecule has 5 heteroatoms. The second-order valence-corrected chi connectivity index (χ2v) is 22.5. The standard InChI is InChI=1S/C47H55N3OSi/c1-27(2)32(8)33-20-21-49-31(7)23-40-37(35-14-12-13-15-36(35)41-25-39(28(3)4)43(26-50(40)41)52(9,10)11)19-17-34-22-29(5)44-38-18-16-30(6)48-47(38)51-46(44)45(34)42(49)24-33/h12-16,18,20-22,24-28,32,37,40H,7,17,19,23H2,1-6,8-11H3/q+2. The Morgan fingerprint density at radius 2 is 1.69 bits per heavy atom. The van der Waals surface area contributed by atoms with Gasteiger partial charge in [0.25, 0.3) is 0 Å². The van der Waals surface area contributed by atoms with E-state index < -0.39 is 8.07 Å². The van der Waals surface area contributed by atoms with E-state index in [0.29, 0.717) is 29.4 Å². The molecule has 3 atom stereocenters. The highest BCUT2D eigenvalue weighted by molar-refractivity contribution is 6.89. The number of nitrogens with zero attached hydrogens (tertiary/aromatic N) is 3. The van der Waals surface area contributed by atoms with Gasteiger partial charge >= 0.3 is 0 Å². The Balaban J connectivity index is 1.41. The van der Waals surface area contributed by atoms with E-state index in [1.165, 1.54) is 55.7 Å². The molecule has 0 bridgehead atoms. The lowest BCUT2D eigenvalue weighted by Crippen LogP contribution is -2.54. The van der Waals surface area contributed by atoms with E-state index in [2.05, 4.69) is 143 Å². The molecule has 4 aromatic heterocycles. The van der Waals surface area contributed by atoms with Crippen LogP contribution in [0.3, 0.4) is 0 Å². The molecule has 266 valence electrons. The van der Waals surface area contributed by atoms with E-state index in [0.717, 1.165) is 41.6 Å². The van der Waals surface area contributed by atoms with Crippen LogP contribution in [0.1, 0.15) is 105 Å². The van der Waals surface area contributed by atoms with Gasteiger partial charge in [0.1, 0.15) is 0 Å². The molecule has 6 heterocycles. The van der Waals surface area contributed by atoms with Crippen molar-refractivity contribution in [3.63, 3.8) is 0 Å². The minimum absolute atomic E-state index is 0.244. The van der Waals surface area contributed by atoms with Gasteiger partial charge in [-0.1, -0.05) is 78.5 Å². The lowest BCUT2D eigenvalue weighted by atomic mass is 9.77. The minimum Gasteiger partial charge on any atom is -0.437 e. The highest BCUT2D eigenvalue weighted by Crippen LogP contribution is 2.46. The predicted octanol–water partition coefficient (Wildman–Crippen LogP) is 11.1. The third-order valence-corrected chi connectivity index (χ3v) is 14.4. The third-order valence-electron chi connectivity index (χ3n) is 12.3. The predicted molar refractivity (Wildman–Crippen MR) is 219 cm³/mol. The third kappa shape index (κ3) is 5.58. The van der Waals surface area contributed by atoms with E-state index in [1.54, 1.807) is 5.19 Å². The monoisotopic (exact) mass is 705 g/mol. The Kier molecular flexibility index (Phi) is 8.45. The zero-order chi connectivity index (χ0) is 36.8. The van der Waals surface area contributed by atoms with Crippen molar-refractivity contribution in [3.05, 3.63) is 113 Å². The summed E-state index contributed by atoms with van der Waals surface area (Å²) in [7, 11) is -1.65. The minimum atomic E-state index is -1.65. The fourth-order valence-electron chi connectivity index (χ4n) is 9.19. The Bertz CT molecular complexity index is 2410. The van der Waals surface area contributed by atoms with Crippen molar-refractivity contribution < 1.29 is 13.6 Å². The largest absolute Gasteiger partial charge is 0.437 e. The summed E-state index contributed by atoms with van der Waals surface area (Å²) in [6.07, 6.45) is 7.70. The highest BCUT2D eigenvalue weighted by Gasteiger charge is 2.44. The molecular weight excluding hydrogens is 651 g/mol. The smallest absolute Gasteiger partial charge is 0.227 e. The van der Waals surface area contributed by atoms with Gasteiger partial charge in [-0.05, 0) is 97.0 Å². The Labute approximate surface area is 311 Å². The summed E-state index contributed by atoms with van der Waals surface area (Å²) >= 11 is 0. The van der Waals surface area contributed by atoms with E-state index in [4.69, 9.17) is 16.0 Å². The SMILES string of the molecule is C=C1CC2C(CCc3cc(C)c4c(oc5nc(C)ccc54)c3-c3cc(C(C)C(C)C)cc[n+]31)c1ccccc1-c1cc(C(C)C)c([Si](C)(C)C)c[n+]12. The number of aromatic nitrogens is 3. The molecule has 2 aliphatic rings. The number of hydrogen-bond acceptors (Lipinski definition) is 2. The van der Waals surface area contributed by atoms with Crippen LogP contribution in [0.4, 0.5) is 0 Å². The molecule has 2 aliphatic heterocycles. The normalized spacial score (nSPS) is 17.9. The molecule has 4 nitrogen and oxygen atoms in total. The van der Waals surface area contributed by atoms with Crippen LogP contribution in [0.15, 0.2) is 84.1 Å². The summed E-state index contributed by atoms with van der Waals surface area (Å²) < 4.78 is 11.9. The molecule has 0 amide bonds. The number of benzene rings is 2. The number of rotatable bonds is 4.